The summed E-state index contributed by atoms with van der Waals surface area (Å²) >= 11 is 0. The molecule has 0 aromatic heterocycles. The number of carbonyl (C=O) groups excluding carboxylic acids is 1. The number of piperidine rings is 1. The van der Waals surface area contributed by atoms with Gasteiger partial charge in [-0.25, -0.2) is 0 Å². The van der Waals surface area contributed by atoms with Crippen LogP contribution < -0.4 is 10.6 Å². The van der Waals surface area contributed by atoms with Crippen molar-refractivity contribution >= 4 is 5.91 Å². The summed E-state index contributed by atoms with van der Waals surface area (Å²) in [6.07, 6.45) is 4.31. The summed E-state index contributed by atoms with van der Waals surface area (Å²) in [5.41, 5.74) is 0. The largest absolute Gasteiger partial charge is 0.352 e. The molecular formula is C11H21N3O. The van der Waals surface area contributed by atoms with Crippen LogP contribution >= 0.6 is 0 Å². The van der Waals surface area contributed by atoms with Crippen LogP contribution in [0.1, 0.15) is 25.7 Å². The van der Waals surface area contributed by atoms with Crippen molar-refractivity contribution < 1.29 is 4.79 Å². The highest BCUT2D eigenvalue weighted by Crippen LogP contribution is 2.10. The molecule has 2 aliphatic rings. The van der Waals surface area contributed by atoms with Crippen LogP contribution in [0.4, 0.5) is 0 Å². The molecule has 0 radical (unpaired) electrons. The summed E-state index contributed by atoms with van der Waals surface area (Å²) in [4.78, 5) is 14.1. The van der Waals surface area contributed by atoms with Gasteiger partial charge in [0.2, 0.25) is 5.91 Å². The lowest BCUT2D eigenvalue weighted by Gasteiger charge is -2.30. The molecule has 2 N–H and O–H groups in total. The Labute approximate surface area is 91.4 Å². The fourth-order valence-corrected chi connectivity index (χ4v) is 2.36. The van der Waals surface area contributed by atoms with Gasteiger partial charge >= 0.3 is 0 Å². The average Bonchev–Trinajstić information content (AvgIpc) is 2.74. The molecule has 15 heavy (non-hydrogen) atoms. The summed E-state index contributed by atoms with van der Waals surface area (Å²) in [6, 6.07) is 0.473. The number of carbonyl (C=O) groups is 1. The van der Waals surface area contributed by atoms with E-state index in [1.807, 2.05) is 0 Å². The number of amides is 1. The number of likely N-dealkylation sites (tertiary alicyclic amines) is 1. The highest BCUT2D eigenvalue weighted by molar-refractivity contribution is 5.82. The molecule has 2 fully saturated rings. The molecule has 0 saturated carbocycles. The zero-order valence-corrected chi connectivity index (χ0v) is 9.46. The number of nitrogens with one attached hydrogen (secondary N) is 2. The van der Waals surface area contributed by atoms with Gasteiger partial charge in [0.1, 0.15) is 0 Å². The average molecular weight is 211 g/mol. The van der Waals surface area contributed by atoms with Gasteiger partial charge in [0, 0.05) is 6.04 Å². The molecule has 4 nitrogen and oxygen atoms in total. The summed E-state index contributed by atoms with van der Waals surface area (Å²) in [6.45, 7) is 3.19. The van der Waals surface area contributed by atoms with Crippen LogP contribution in [0.5, 0.6) is 0 Å². The maximum atomic E-state index is 11.8. The van der Waals surface area contributed by atoms with Crippen LogP contribution in [0.3, 0.4) is 0 Å². The standard InChI is InChI=1S/C11H21N3O/c1-14-7-4-9(5-8-14)13-11(15)10-3-2-6-12-10/h9-10,12H,2-8H2,1H3,(H,13,15)/t10-/m1/s1. The summed E-state index contributed by atoms with van der Waals surface area (Å²) in [7, 11) is 2.14. The number of hydrogen-bond donors (Lipinski definition) is 2. The molecule has 2 saturated heterocycles. The van der Waals surface area contributed by atoms with Crippen molar-refractivity contribution in [2.45, 2.75) is 37.8 Å². The minimum Gasteiger partial charge on any atom is -0.352 e. The van der Waals surface area contributed by atoms with Gasteiger partial charge in [-0.2, -0.15) is 0 Å². The van der Waals surface area contributed by atoms with E-state index >= 15 is 0 Å². The Morgan fingerprint density at radius 3 is 2.67 bits per heavy atom. The maximum Gasteiger partial charge on any atom is 0.237 e. The van der Waals surface area contributed by atoms with E-state index in [0.717, 1.165) is 45.3 Å². The second kappa shape index (κ2) is 4.94. The van der Waals surface area contributed by atoms with Crippen LogP contribution in [-0.2, 0) is 4.79 Å². The molecule has 4 heteroatoms. The topological polar surface area (TPSA) is 44.4 Å². The second-order valence-electron chi connectivity index (χ2n) is 4.74. The highest BCUT2D eigenvalue weighted by Gasteiger charge is 2.25. The molecular weight excluding hydrogens is 190 g/mol. The molecule has 0 aromatic rings. The van der Waals surface area contributed by atoms with E-state index in [0.29, 0.717) is 6.04 Å². The molecule has 0 aromatic carbocycles. The molecule has 2 aliphatic heterocycles. The first-order valence-electron chi connectivity index (χ1n) is 5.98. The van der Waals surface area contributed by atoms with E-state index in [-0.39, 0.29) is 11.9 Å². The van der Waals surface area contributed by atoms with Crippen molar-refractivity contribution in [1.29, 1.82) is 0 Å². The normalized spacial score (nSPS) is 29.3. The zero-order chi connectivity index (χ0) is 10.7. The van der Waals surface area contributed by atoms with Gasteiger partial charge in [0.15, 0.2) is 0 Å². The third kappa shape index (κ3) is 2.92. The Kier molecular flexibility index (Phi) is 3.59. The minimum atomic E-state index is 0.0738. The van der Waals surface area contributed by atoms with Gasteiger partial charge in [-0.3, -0.25) is 4.79 Å². The summed E-state index contributed by atoms with van der Waals surface area (Å²) < 4.78 is 0. The van der Waals surface area contributed by atoms with Crippen LogP contribution in [0.25, 0.3) is 0 Å². The van der Waals surface area contributed by atoms with Crippen LogP contribution in [0, 0.1) is 0 Å². The van der Waals surface area contributed by atoms with Gasteiger partial charge in [-0.1, -0.05) is 0 Å². The van der Waals surface area contributed by atoms with E-state index in [1.54, 1.807) is 0 Å². The first kappa shape index (κ1) is 10.9. The molecule has 0 spiro atoms. The lowest BCUT2D eigenvalue weighted by Crippen LogP contribution is -2.48. The molecule has 0 bridgehead atoms. The minimum absolute atomic E-state index is 0.0738. The summed E-state index contributed by atoms with van der Waals surface area (Å²) in [5, 5.41) is 6.39. The third-order valence-electron chi connectivity index (χ3n) is 3.44. The fourth-order valence-electron chi connectivity index (χ4n) is 2.36. The predicted molar refractivity (Wildman–Crippen MR) is 59.7 cm³/mol. The molecule has 0 aliphatic carbocycles. The lowest BCUT2D eigenvalue weighted by molar-refractivity contribution is -0.123. The quantitative estimate of drug-likeness (QED) is 0.673. The lowest BCUT2D eigenvalue weighted by atomic mass is 10.0. The van der Waals surface area contributed by atoms with Gasteiger partial charge in [-0.15, -0.1) is 0 Å². The van der Waals surface area contributed by atoms with Crippen molar-refractivity contribution in [2.75, 3.05) is 26.7 Å². The van der Waals surface area contributed by atoms with Gasteiger partial charge in [-0.05, 0) is 52.4 Å². The van der Waals surface area contributed by atoms with Crippen molar-refractivity contribution in [2.24, 2.45) is 0 Å². The van der Waals surface area contributed by atoms with Crippen molar-refractivity contribution in [3.8, 4) is 0 Å². The molecule has 1 amide bonds. The maximum absolute atomic E-state index is 11.8. The van der Waals surface area contributed by atoms with Crippen LogP contribution in [0.2, 0.25) is 0 Å². The predicted octanol–water partition coefficient (Wildman–Crippen LogP) is -0.0512. The van der Waals surface area contributed by atoms with Crippen molar-refractivity contribution in [1.82, 2.24) is 15.5 Å². The summed E-state index contributed by atoms with van der Waals surface area (Å²) in [5.74, 6) is 0.210. The van der Waals surface area contributed by atoms with E-state index in [9.17, 15) is 4.79 Å². The Bertz CT molecular complexity index is 218. The molecule has 2 heterocycles. The molecule has 0 unspecified atom stereocenters. The zero-order valence-electron chi connectivity index (χ0n) is 9.46. The van der Waals surface area contributed by atoms with Crippen molar-refractivity contribution in [3.63, 3.8) is 0 Å². The van der Waals surface area contributed by atoms with Crippen LogP contribution in [0.15, 0.2) is 0 Å². The molecule has 1 atom stereocenters. The molecule has 86 valence electrons. The second-order valence-corrected chi connectivity index (χ2v) is 4.74. The smallest absolute Gasteiger partial charge is 0.237 e. The van der Waals surface area contributed by atoms with E-state index in [4.69, 9.17) is 0 Å². The Hall–Kier alpha value is -0.610. The Morgan fingerprint density at radius 2 is 2.07 bits per heavy atom. The first-order chi connectivity index (χ1) is 7.25. The molecule has 2 rings (SSSR count). The van der Waals surface area contributed by atoms with E-state index < -0.39 is 0 Å². The Morgan fingerprint density at radius 1 is 1.33 bits per heavy atom. The van der Waals surface area contributed by atoms with Crippen LogP contribution in [-0.4, -0.2) is 49.6 Å². The van der Waals surface area contributed by atoms with E-state index in [2.05, 4.69) is 22.6 Å². The monoisotopic (exact) mass is 211 g/mol. The Balaban J connectivity index is 1.74. The SMILES string of the molecule is CN1CCC(NC(=O)[C@H]2CCCN2)CC1. The first-order valence-corrected chi connectivity index (χ1v) is 5.98. The number of nitrogens with zero attached hydrogens (tertiary/aromatic N) is 1. The highest BCUT2D eigenvalue weighted by atomic mass is 16.2. The van der Waals surface area contributed by atoms with E-state index in [1.165, 1.54) is 0 Å². The van der Waals surface area contributed by atoms with Gasteiger partial charge in [0.05, 0.1) is 6.04 Å². The number of hydrogen-bond acceptors (Lipinski definition) is 3. The van der Waals surface area contributed by atoms with Crippen molar-refractivity contribution in [3.05, 3.63) is 0 Å². The van der Waals surface area contributed by atoms with Gasteiger partial charge in [0.25, 0.3) is 0 Å². The van der Waals surface area contributed by atoms with Gasteiger partial charge < -0.3 is 15.5 Å². The number of rotatable bonds is 2. The third-order valence-corrected chi connectivity index (χ3v) is 3.44. The fraction of sp³-hybridized carbons (Fsp3) is 0.909.